The molecule has 1 aliphatic heterocycles. The van der Waals surface area contributed by atoms with E-state index in [1.165, 1.54) is 17.2 Å². The van der Waals surface area contributed by atoms with Crippen LogP contribution in [0.25, 0.3) is 10.8 Å². The fourth-order valence-corrected chi connectivity index (χ4v) is 2.84. The van der Waals surface area contributed by atoms with Crippen molar-refractivity contribution in [3.63, 3.8) is 0 Å². The quantitative estimate of drug-likeness (QED) is 0.943. The summed E-state index contributed by atoms with van der Waals surface area (Å²) in [6, 6.07) is 15.0. The second-order valence-corrected chi connectivity index (χ2v) is 5.56. The second-order valence-electron chi connectivity index (χ2n) is 5.56. The van der Waals surface area contributed by atoms with Crippen molar-refractivity contribution < 1.29 is 4.74 Å². The zero-order valence-corrected chi connectivity index (χ0v) is 13.0. The average molecular weight is 307 g/mol. The third-order valence-electron chi connectivity index (χ3n) is 3.94. The van der Waals surface area contributed by atoms with Crippen molar-refractivity contribution in [3.05, 3.63) is 42.5 Å². The molecule has 0 aromatic heterocycles. The molecule has 21 heavy (non-hydrogen) atoms. The molecule has 0 aliphatic carbocycles. The van der Waals surface area contributed by atoms with Crippen molar-refractivity contribution in [1.82, 2.24) is 4.90 Å². The second kappa shape index (κ2) is 7.64. The van der Waals surface area contributed by atoms with E-state index in [-0.39, 0.29) is 12.4 Å². The molecule has 2 aromatic rings. The Morgan fingerprint density at radius 1 is 1.14 bits per heavy atom. The number of hydrogen-bond acceptors (Lipinski definition) is 3. The van der Waals surface area contributed by atoms with Crippen LogP contribution in [0.1, 0.15) is 12.8 Å². The molecule has 2 N–H and O–H groups in total. The van der Waals surface area contributed by atoms with Crippen molar-refractivity contribution in [3.8, 4) is 5.75 Å². The molecule has 1 atom stereocenters. The molecule has 0 radical (unpaired) electrons. The Balaban J connectivity index is 0.00000161. The molecule has 2 aromatic carbocycles. The molecular weight excluding hydrogens is 284 g/mol. The molecular formula is C17H23ClN2O. The predicted octanol–water partition coefficient (Wildman–Crippen LogP) is 3.06. The topological polar surface area (TPSA) is 38.5 Å². The molecule has 1 heterocycles. The summed E-state index contributed by atoms with van der Waals surface area (Å²) >= 11 is 0. The van der Waals surface area contributed by atoms with Crippen molar-refractivity contribution in [2.75, 3.05) is 26.2 Å². The maximum atomic E-state index is 5.99. The zero-order chi connectivity index (χ0) is 13.8. The molecule has 0 spiro atoms. The molecule has 0 saturated carbocycles. The van der Waals surface area contributed by atoms with Crippen LogP contribution in [0.5, 0.6) is 5.75 Å². The van der Waals surface area contributed by atoms with E-state index in [0.717, 1.165) is 38.4 Å². The number of rotatable bonds is 4. The van der Waals surface area contributed by atoms with Crippen LogP contribution in [-0.4, -0.2) is 37.2 Å². The SMILES string of the molecule is Cl.N[C@@H]1CCCN(CCOc2ccc3ccccc3c2)C1. The first-order valence-electron chi connectivity index (χ1n) is 7.41. The first kappa shape index (κ1) is 16.1. The highest BCUT2D eigenvalue weighted by Gasteiger charge is 2.15. The Labute approximate surface area is 132 Å². The highest BCUT2D eigenvalue weighted by atomic mass is 35.5. The number of hydrogen-bond donors (Lipinski definition) is 1. The summed E-state index contributed by atoms with van der Waals surface area (Å²) in [5.74, 6) is 0.949. The first-order chi connectivity index (χ1) is 9.81. The minimum absolute atomic E-state index is 0. The van der Waals surface area contributed by atoms with Gasteiger partial charge in [0.2, 0.25) is 0 Å². The van der Waals surface area contributed by atoms with Crippen molar-refractivity contribution >= 4 is 23.2 Å². The van der Waals surface area contributed by atoms with Crippen LogP contribution >= 0.6 is 12.4 Å². The highest BCUT2D eigenvalue weighted by Crippen LogP contribution is 2.20. The summed E-state index contributed by atoms with van der Waals surface area (Å²) in [6.45, 7) is 3.83. The van der Waals surface area contributed by atoms with Gasteiger partial charge in [0.05, 0.1) is 0 Å². The van der Waals surface area contributed by atoms with Gasteiger partial charge in [-0.3, -0.25) is 4.90 Å². The number of halogens is 1. The van der Waals surface area contributed by atoms with Crippen molar-refractivity contribution in [2.45, 2.75) is 18.9 Å². The number of nitrogens with two attached hydrogens (primary N) is 1. The van der Waals surface area contributed by atoms with Crippen LogP contribution in [0.2, 0.25) is 0 Å². The summed E-state index contributed by atoms with van der Waals surface area (Å²) in [4.78, 5) is 2.40. The van der Waals surface area contributed by atoms with Gasteiger partial charge in [-0.05, 0) is 42.3 Å². The van der Waals surface area contributed by atoms with Crippen LogP contribution in [0.15, 0.2) is 42.5 Å². The third-order valence-corrected chi connectivity index (χ3v) is 3.94. The lowest BCUT2D eigenvalue weighted by atomic mass is 10.1. The van der Waals surface area contributed by atoms with E-state index in [1.54, 1.807) is 0 Å². The lowest BCUT2D eigenvalue weighted by Crippen LogP contribution is -2.44. The average Bonchev–Trinajstić information content (AvgIpc) is 2.47. The molecule has 1 aliphatic rings. The molecule has 1 fully saturated rings. The maximum Gasteiger partial charge on any atom is 0.120 e. The zero-order valence-electron chi connectivity index (χ0n) is 12.2. The van der Waals surface area contributed by atoms with Crippen LogP contribution in [0.4, 0.5) is 0 Å². The molecule has 0 amide bonds. The number of piperidine rings is 1. The van der Waals surface area contributed by atoms with E-state index in [1.807, 2.05) is 6.07 Å². The van der Waals surface area contributed by atoms with Gasteiger partial charge in [0.25, 0.3) is 0 Å². The molecule has 3 rings (SSSR count). The normalized spacial score (nSPS) is 19.2. The van der Waals surface area contributed by atoms with Crippen molar-refractivity contribution in [2.24, 2.45) is 5.73 Å². The van der Waals surface area contributed by atoms with Crippen LogP contribution < -0.4 is 10.5 Å². The summed E-state index contributed by atoms with van der Waals surface area (Å²) in [5, 5.41) is 2.48. The molecule has 114 valence electrons. The van der Waals surface area contributed by atoms with Crippen molar-refractivity contribution in [1.29, 1.82) is 0 Å². The van der Waals surface area contributed by atoms with E-state index < -0.39 is 0 Å². The summed E-state index contributed by atoms with van der Waals surface area (Å²) in [5.41, 5.74) is 5.99. The van der Waals surface area contributed by atoms with E-state index in [9.17, 15) is 0 Å². The lowest BCUT2D eigenvalue weighted by molar-refractivity contribution is 0.171. The van der Waals surface area contributed by atoms with Crippen LogP contribution in [0, 0.1) is 0 Å². The van der Waals surface area contributed by atoms with E-state index in [0.29, 0.717) is 6.04 Å². The fourth-order valence-electron chi connectivity index (χ4n) is 2.84. The molecule has 3 nitrogen and oxygen atoms in total. The van der Waals surface area contributed by atoms with E-state index in [2.05, 4.69) is 41.3 Å². The molecule has 0 unspecified atom stereocenters. The third kappa shape index (κ3) is 4.34. The van der Waals surface area contributed by atoms with Gasteiger partial charge >= 0.3 is 0 Å². The lowest BCUT2D eigenvalue weighted by Gasteiger charge is -2.30. The monoisotopic (exact) mass is 306 g/mol. The number of benzene rings is 2. The van der Waals surface area contributed by atoms with Gasteiger partial charge in [0.1, 0.15) is 12.4 Å². The molecule has 0 bridgehead atoms. The predicted molar refractivity (Wildman–Crippen MR) is 90.3 cm³/mol. The minimum Gasteiger partial charge on any atom is -0.492 e. The number of ether oxygens (including phenoxy) is 1. The van der Waals surface area contributed by atoms with Gasteiger partial charge in [-0.15, -0.1) is 12.4 Å². The standard InChI is InChI=1S/C17H22N2O.ClH/c18-16-6-3-9-19(13-16)10-11-20-17-8-7-14-4-1-2-5-15(14)12-17;/h1-2,4-5,7-8,12,16H,3,6,9-11,13,18H2;1H/t16-;/m1./s1. The molecule has 1 saturated heterocycles. The van der Waals surface area contributed by atoms with Gasteiger partial charge < -0.3 is 10.5 Å². The van der Waals surface area contributed by atoms with Gasteiger partial charge in [0.15, 0.2) is 0 Å². The largest absolute Gasteiger partial charge is 0.492 e. The summed E-state index contributed by atoms with van der Waals surface area (Å²) in [6.07, 6.45) is 2.36. The van der Waals surface area contributed by atoms with Gasteiger partial charge in [-0.1, -0.05) is 30.3 Å². The number of fused-ring (bicyclic) bond motifs is 1. The van der Waals surface area contributed by atoms with Gasteiger partial charge in [0, 0.05) is 19.1 Å². The van der Waals surface area contributed by atoms with Crippen LogP contribution in [-0.2, 0) is 0 Å². The maximum absolute atomic E-state index is 5.99. The summed E-state index contributed by atoms with van der Waals surface area (Å²) in [7, 11) is 0. The molecule has 4 heteroatoms. The fraction of sp³-hybridized carbons (Fsp3) is 0.412. The van der Waals surface area contributed by atoms with E-state index >= 15 is 0 Å². The minimum atomic E-state index is 0. The van der Waals surface area contributed by atoms with Crippen LogP contribution in [0.3, 0.4) is 0 Å². The Morgan fingerprint density at radius 3 is 2.76 bits per heavy atom. The summed E-state index contributed by atoms with van der Waals surface area (Å²) < 4.78 is 5.87. The Bertz CT molecular complexity index is 575. The van der Waals surface area contributed by atoms with Gasteiger partial charge in [-0.2, -0.15) is 0 Å². The Hall–Kier alpha value is -1.29. The Kier molecular flexibility index (Phi) is 5.85. The van der Waals surface area contributed by atoms with E-state index in [4.69, 9.17) is 10.5 Å². The Morgan fingerprint density at radius 2 is 1.95 bits per heavy atom. The number of likely N-dealkylation sites (tertiary alicyclic amines) is 1. The first-order valence-corrected chi connectivity index (χ1v) is 7.41. The highest BCUT2D eigenvalue weighted by molar-refractivity contribution is 5.85. The van der Waals surface area contributed by atoms with Gasteiger partial charge in [-0.25, -0.2) is 0 Å². The number of nitrogens with zero attached hydrogens (tertiary/aromatic N) is 1. The smallest absolute Gasteiger partial charge is 0.120 e.